The molecule has 194 valence electrons. The fraction of sp³-hybridized carbons (Fsp3) is 0.552. The Kier molecular flexibility index (Phi) is 8.49. The second kappa shape index (κ2) is 11.8. The number of hydrogen-bond acceptors (Lipinski definition) is 4. The summed E-state index contributed by atoms with van der Waals surface area (Å²) < 4.78 is 0. The van der Waals surface area contributed by atoms with Crippen molar-refractivity contribution >= 4 is 23.5 Å². The Bertz CT molecular complexity index is 1010. The first-order valence-electron chi connectivity index (χ1n) is 13.5. The minimum atomic E-state index is -0.906. The molecule has 1 atom stereocenters. The highest BCUT2D eigenvalue weighted by molar-refractivity contribution is 6.06. The molecule has 0 radical (unpaired) electrons. The summed E-state index contributed by atoms with van der Waals surface area (Å²) in [4.78, 5) is 35.1. The zero-order valence-electron chi connectivity index (χ0n) is 21.9. The van der Waals surface area contributed by atoms with E-state index >= 15 is 0 Å². The molecule has 7 nitrogen and oxygen atoms in total. The summed E-state index contributed by atoms with van der Waals surface area (Å²) in [7, 11) is 1.62. The maximum absolute atomic E-state index is 13.7. The van der Waals surface area contributed by atoms with Gasteiger partial charge in [0.05, 0.1) is 17.9 Å². The van der Waals surface area contributed by atoms with Crippen molar-refractivity contribution in [3.63, 3.8) is 0 Å². The van der Waals surface area contributed by atoms with E-state index in [2.05, 4.69) is 35.9 Å². The number of carboxylic acid groups (broad SMARTS) is 1. The van der Waals surface area contributed by atoms with Gasteiger partial charge < -0.3 is 19.8 Å². The molecule has 1 saturated carbocycles. The SMILES string of the molecule is CCC(CC)N(C(=O)c1ccc(C2CCCCC2)cc1)c1ccc(N2CCC(N(C)C(=O)O)C2)nc1. The molecule has 7 heteroatoms. The van der Waals surface area contributed by atoms with E-state index in [9.17, 15) is 14.7 Å². The van der Waals surface area contributed by atoms with Crippen LogP contribution in [0.25, 0.3) is 0 Å². The van der Waals surface area contributed by atoms with Gasteiger partial charge in [-0.25, -0.2) is 9.78 Å². The van der Waals surface area contributed by atoms with Gasteiger partial charge in [0.1, 0.15) is 5.82 Å². The molecule has 1 unspecified atom stereocenters. The predicted molar refractivity (Wildman–Crippen MR) is 144 cm³/mol. The number of hydrogen-bond donors (Lipinski definition) is 1. The van der Waals surface area contributed by atoms with E-state index < -0.39 is 6.09 Å². The zero-order chi connectivity index (χ0) is 25.7. The van der Waals surface area contributed by atoms with E-state index in [0.717, 1.165) is 37.3 Å². The van der Waals surface area contributed by atoms with E-state index in [1.165, 1.54) is 42.6 Å². The van der Waals surface area contributed by atoms with Gasteiger partial charge >= 0.3 is 6.09 Å². The number of likely N-dealkylation sites (N-methyl/N-ethyl adjacent to an activating group) is 1. The van der Waals surface area contributed by atoms with Crippen LogP contribution in [-0.4, -0.2) is 59.2 Å². The lowest BCUT2D eigenvalue weighted by atomic mass is 9.84. The van der Waals surface area contributed by atoms with Gasteiger partial charge in [-0.05, 0) is 67.9 Å². The number of carbonyl (C=O) groups is 2. The monoisotopic (exact) mass is 492 g/mol. The summed E-state index contributed by atoms with van der Waals surface area (Å²) in [6.45, 7) is 5.62. The van der Waals surface area contributed by atoms with Gasteiger partial charge in [-0.3, -0.25) is 4.79 Å². The van der Waals surface area contributed by atoms with Crippen LogP contribution in [0.3, 0.4) is 0 Å². The first kappa shape index (κ1) is 26.0. The third-order valence-electron chi connectivity index (χ3n) is 8.11. The molecule has 36 heavy (non-hydrogen) atoms. The fourth-order valence-electron chi connectivity index (χ4n) is 5.75. The minimum absolute atomic E-state index is 0.0118. The third-order valence-corrected chi connectivity index (χ3v) is 8.11. The smallest absolute Gasteiger partial charge is 0.407 e. The molecule has 2 fully saturated rings. The van der Waals surface area contributed by atoms with Gasteiger partial charge in [0.2, 0.25) is 0 Å². The average Bonchev–Trinajstić information content (AvgIpc) is 3.42. The van der Waals surface area contributed by atoms with Crippen molar-refractivity contribution in [1.29, 1.82) is 0 Å². The number of rotatable bonds is 8. The molecular formula is C29H40N4O3. The number of carbonyl (C=O) groups excluding carboxylic acids is 1. The Hall–Kier alpha value is -3.09. The van der Waals surface area contributed by atoms with Crippen molar-refractivity contribution < 1.29 is 14.7 Å². The van der Waals surface area contributed by atoms with Crippen molar-refractivity contribution in [2.75, 3.05) is 29.9 Å². The van der Waals surface area contributed by atoms with Crippen LogP contribution < -0.4 is 9.80 Å². The van der Waals surface area contributed by atoms with Gasteiger partial charge in [0.15, 0.2) is 0 Å². The molecule has 0 spiro atoms. The average molecular weight is 493 g/mol. The van der Waals surface area contributed by atoms with Crippen LogP contribution in [-0.2, 0) is 0 Å². The molecule has 1 aromatic carbocycles. The van der Waals surface area contributed by atoms with Crippen LogP contribution in [0, 0.1) is 0 Å². The van der Waals surface area contributed by atoms with Gasteiger partial charge in [-0.2, -0.15) is 0 Å². The lowest BCUT2D eigenvalue weighted by Crippen LogP contribution is -2.40. The molecule has 2 aliphatic rings. The molecule has 1 N–H and O–H groups in total. The van der Waals surface area contributed by atoms with Crippen molar-refractivity contribution in [3.8, 4) is 0 Å². The molecule has 1 aromatic heterocycles. The van der Waals surface area contributed by atoms with Crippen molar-refractivity contribution in [1.82, 2.24) is 9.88 Å². The van der Waals surface area contributed by atoms with Gasteiger partial charge in [-0.15, -0.1) is 0 Å². The largest absolute Gasteiger partial charge is 0.465 e. The summed E-state index contributed by atoms with van der Waals surface area (Å²) in [5.74, 6) is 1.45. The predicted octanol–water partition coefficient (Wildman–Crippen LogP) is 6.15. The Morgan fingerprint density at radius 2 is 1.72 bits per heavy atom. The molecule has 1 saturated heterocycles. The Labute approximate surface area is 215 Å². The summed E-state index contributed by atoms with van der Waals surface area (Å²) >= 11 is 0. The number of amides is 2. The molecule has 2 aromatic rings. The third kappa shape index (κ3) is 5.66. The van der Waals surface area contributed by atoms with E-state index in [4.69, 9.17) is 0 Å². The van der Waals surface area contributed by atoms with Crippen LogP contribution in [0.15, 0.2) is 42.6 Å². The molecule has 1 aliphatic carbocycles. The molecule has 1 aliphatic heterocycles. The number of anilines is 2. The highest BCUT2D eigenvalue weighted by Gasteiger charge is 2.30. The van der Waals surface area contributed by atoms with Crippen molar-refractivity contribution in [2.45, 2.75) is 83.2 Å². The molecule has 2 heterocycles. The van der Waals surface area contributed by atoms with E-state index in [1.54, 1.807) is 13.2 Å². The highest BCUT2D eigenvalue weighted by Crippen LogP contribution is 2.33. The van der Waals surface area contributed by atoms with E-state index in [0.29, 0.717) is 18.0 Å². The lowest BCUT2D eigenvalue weighted by Gasteiger charge is -2.31. The first-order chi connectivity index (χ1) is 17.4. The van der Waals surface area contributed by atoms with Crippen molar-refractivity contribution in [3.05, 3.63) is 53.7 Å². The fourth-order valence-corrected chi connectivity index (χ4v) is 5.75. The topological polar surface area (TPSA) is 77.0 Å². The summed E-state index contributed by atoms with van der Waals surface area (Å²) in [5, 5.41) is 9.28. The van der Waals surface area contributed by atoms with Crippen LogP contribution in [0.5, 0.6) is 0 Å². The van der Waals surface area contributed by atoms with Crippen LogP contribution in [0.1, 0.15) is 87.1 Å². The van der Waals surface area contributed by atoms with Gasteiger partial charge in [0.25, 0.3) is 5.91 Å². The number of aromatic nitrogens is 1. The second-order valence-electron chi connectivity index (χ2n) is 10.3. The molecule has 2 amide bonds. The number of benzene rings is 1. The summed E-state index contributed by atoms with van der Waals surface area (Å²) in [6, 6.07) is 12.3. The normalized spacial score (nSPS) is 18.4. The molecular weight excluding hydrogens is 452 g/mol. The molecule has 0 bridgehead atoms. The number of pyridine rings is 1. The summed E-state index contributed by atoms with van der Waals surface area (Å²) in [6.07, 6.45) is 9.80. The minimum Gasteiger partial charge on any atom is -0.465 e. The molecule has 4 rings (SSSR count). The van der Waals surface area contributed by atoms with Crippen LogP contribution >= 0.6 is 0 Å². The first-order valence-corrected chi connectivity index (χ1v) is 13.5. The zero-order valence-corrected chi connectivity index (χ0v) is 21.9. The van der Waals surface area contributed by atoms with E-state index in [-0.39, 0.29) is 18.0 Å². The quantitative estimate of drug-likeness (QED) is 0.478. The Balaban J connectivity index is 1.51. The van der Waals surface area contributed by atoms with Gasteiger partial charge in [0, 0.05) is 31.7 Å². The summed E-state index contributed by atoms with van der Waals surface area (Å²) in [5.41, 5.74) is 2.86. The number of nitrogens with zero attached hydrogens (tertiary/aromatic N) is 4. The maximum Gasteiger partial charge on any atom is 0.407 e. The lowest BCUT2D eigenvalue weighted by molar-refractivity contribution is 0.0974. The van der Waals surface area contributed by atoms with Crippen LogP contribution in [0.4, 0.5) is 16.3 Å². The maximum atomic E-state index is 13.7. The van der Waals surface area contributed by atoms with Gasteiger partial charge in [-0.1, -0.05) is 45.2 Å². The van der Waals surface area contributed by atoms with Crippen LogP contribution in [0.2, 0.25) is 0 Å². The Morgan fingerprint density at radius 1 is 1.03 bits per heavy atom. The second-order valence-corrected chi connectivity index (χ2v) is 10.3. The standard InChI is InChI=1S/C29H40N4O3/c1-4-24(5-2)33(28(34)23-13-11-22(12-14-23)21-9-7-6-8-10-21)25-15-16-27(30-19-25)32-18-17-26(20-32)31(3)29(35)36/h11-16,19,21,24,26H,4-10,17-18,20H2,1-3H3,(H,35,36). The Morgan fingerprint density at radius 3 is 2.31 bits per heavy atom. The highest BCUT2D eigenvalue weighted by atomic mass is 16.4. The van der Waals surface area contributed by atoms with E-state index in [1.807, 2.05) is 29.2 Å². The van der Waals surface area contributed by atoms with Crippen molar-refractivity contribution in [2.24, 2.45) is 0 Å².